The lowest BCUT2D eigenvalue weighted by Crippen LogP contribution is -2.36. The monoisotopic (exact) mass is 310 g/mol. The zero-order valence-corrected chi connectivity index (χ0v) is 12.7. The summed E-state index contributed by atoms with van der Waals surface area (Å²) in [4.78, 5) is 25.4. The Morgan fingerprint density at radius 3 is 2.65 bits per heavy atom. The highest BCUT2D eigenvalue weighted by atomic mass is 16.5. The summed E-state index contributed by atoms with van der Waals surface area (Å²) in [5, 5.41) is 2.68. The first-order valence-electron chi connectivity index (χ1n) is 7.57. The molecule has 2 aromatic rings. The summed E-state index contributed by atoms with van der Waals surface area (Å²) in [6, 6.07) is 17.2. The summed E-state index contributed by atoms with van der Waals surface area (Å²) < 4.78 is 5.14. The number of benzene rings is 2. The van der Waals surface area contributed by atoms with Crippen molar-refractivity contribution >= 4 is 17.7 Å². The zero-order chi connectivity index (χ0) is 16.1. The zero-order valence-electron chi connectivity index (χ0n) is 12.7. The SMILES string of the molecule is O=C(NCCN1C(=O)Cc2ccccc21)OCc1ccccc1. The van der Waals surface area contributed by atoms with E-state index in [1.165, 1.54) is 0 Å². The van der Waals surface area contributed by atoms with Crippen molar-refractivity contribution in [3.05, 3.63) is 65.7 Å². The maximum atomic E-state index is 12.0. The Morgan fingerprint density at radius 2 is 1.83 bits per heavy atom. The van der Waals surface area contributed by atoms with Crippen molar-refractivity contribution in [2.45, 2.75) is 13.0 Å². The van der Waals surface area contributed by atoms with Crippen LogP contribution in [0.5, 0.6) is 0 Å². The number of carbonyl (C=O) groups is 2. The van der Waals surface area contributed by atoms with Gasteiger partial charge in [0.1, 0.15) is 6.61 Å². The van der Waals surface area contributed by atoms with E-state index in [4.69, 9.17) is 4.74 Å². The van der Waals surface area contributed by atoms with Gasteiger partial charge in [-0.2, -0.15) is 0 Å². The number of fused-ring (bicyclic) bond motifs is 1. The van der Waals surface area contributed by atoms with Gasteiger partial charge in [0, 0.05) is 18.8 Å². The standard InChI is InChI=1S/C18H18N2O3/c21-17-12-15-8-4-5-9-16(15)20(17)11-10-19-18(22)23-13-14-6-2-1-3-7-14/h1-9H,10-13H2,(H,19,22). The molecule has 23 heavy (non-hydrogen) atoms. The summed E-state index contributed by atoms with van der Waals surface area (Å²) >= 11 is 0. The molecule has 2 aromatic carbocycles. The van der Waals surface area contributed by atoms with Gasteiger partial charge in [-0.15, -0.1) is 0 Å². The minimum atomic E-state index is -0.478. The second-order valence-electron chi connectivity index (χ2n) is 5.34. The second-order valence-corrected chi connectivity index (χ2v) is 5.34. The first-order valence-corrected chi connectivity index (χ1v) is 7.57. The van der Waals surface area contributed by atoms with Crippen LogP contribution in [-0.4, -0.2) is 25.1 Å². The summed E-state index contributed by atoms with van der Waals surface area (Å²) in [6.07, 6.45) is -0.0528. The van der Waals surface area contributed by atoms with Crippen molar-refractivity contribution in [1.29, 1.82) is 0 Å². The van der Waals surface area contributed by atoms with E-state index in [2.05, 4.69) is 5.32 Å². The largest absolute Gasteiger partial charge is 0.445 e. The second kappa shape index (κ2) is 6.96. The van der Waals surface area contributed by atoms with Gasteiger partial charge in [0.05, 0.1) is 6.42 Å². The molecule has 0 spiro atoms. The lowest BCUT2D eigenvalue weighted by atomic mass is 10.2. The average Bonchev–Trinajstić information content (AvgIpc) is 2.90. The molecule has 118 valence electrons. The highest BCUT2D eigenvalue weighted by Gasteiger charge is 2.26. The average molecular weight is 310 g/mol. The van der Waals surface area contributed by atoms with Gasteiger partial charge in [0.15, 0.2) is 0 Å². The Kier molecular flexibility index (Phi) is 4.57. The van der Waals surface area contributed by atoms with Crippen molar-refractivity contribution in [1.82, 2.24) is 5.32 Å². The van der Waals surface area contributed by atoms with Gasteiger partial charge in [-0.25, -0.2) is 4.79 Å². The van der Waals surface area contributed by atoms with E-state index in [1.807, 2.05) is 54.6 Å². The Balaban J connectivity index is 1.44. The fourth-order valence-corrected chi connectivity index (χ4v) is 2.61. The number of para-hydroxylation sites is 1. The van der Waals surface area contributed by atoms with Crippen LogP contribution < -0.4 is 10.2 Å². The molecule has 0 aromatic heterocycles. The van der Waals surface area contributed by atoms with Crippen LogP contribution in [0, 0.1) is 0 Å². The Bertz CT molecular complexity index is 700. The van der Waals surface area contributed by atoms with Crippen molar-refractivity contribution in [2.75, 3.05) is 18.0 Å². The first kappa shape index (κ1) is 15.1. The minimum absolute atomic E-state index is 0.0608. The van der Waals surface area contributed by atoms with Crippen LogP contribution in [-0.2, 0) is 22.6 Å². The van der Waals surface area contributed by atoms with Gasteiger partial charge in [-0.3, -0.25) is 4.79 Å². The highest BCUT2D eigenvalue weighted by Crippen LogP contribution is 2.27. The van der Waals surface area contributed by atoms with Crippen LogP contribution in [0.2, 0.25) is 0 Å². The number of rotatable bonds is 5. The van der Waals surface area contributed by atoms with Gasteiger partial charge in [0.25, 0.3) is 0 Å². The molecule has 2 amide bonds. The molecule has 0 fully saturated rings. The number of hydrogen-bond donors (Lipinski definition) is 1. The molecule has 0 saturated heterocycles. The molecule has 1 heterocycles. The third kappa shape index (κ3) is 3.69. The molecule has 1 aliphatic rings. The first-order chi connectivity index (χ1) is 11.2. The summed E-state index contributed by atoms with van der Waals surface area (Å²) in [5.41, 5.74) is 2.90. The van der Waals surface area contributed by atoms with Crippen LogP contribution in [0.15, 0.2) is 54.6 Å². The number of nitrogens with zero attached hydrogens (tertiary/aromatic N) is 1. The fourth-order valence-electron chi connectivity index (χ4n) is 2.61. The summed E-state index contributed by atoms with van der Waals surface area (Å²) in [5.74, 6) is 0.0608. The highest BCUT2D eigenvalue weighted by molar-refractivity contribution is 6.01. The predicted molar refractivity (Wildman–Crippen MR) is 87.1 cm³/mol. The molecule has 0 aliphatic carbocycles. The number of hydrogen-bond acceptors (Lipinski definition) is 3. The van der Waals surface area contributed by atoms with E-state index >= 15 is 0 Å². The lowest BCUT2D eigenvalue weighted by molar-refractivity contribution is -0.117. The van der Waals surface area contributed by atoms with E-state index in [9.17, 15) is 9.59 Å². The molecule has 1 N–H and O–H groups in total. The smallest absolute Gasteiger partial charge is 0.407 e. The van der Waals surface area contributed by atoms with Crippen LogP contribution >= 0.6 is 0 Å². The maximum Gasteiger partial charge on any atom is 0.407 e. The van der Waals surface area contributed by atoms with E-state index in [0.29, 0.717) is 19.5 Å². The summed E-state index contributed by atoms with van der Waals surface area (Å²) in [6.45, 7) is 1.03. The van der Waals surface area contributed by atoms with Gasteiger partial charge in [0.2, 0.25) is 5.91 Å². The number of ether oxygens (including phenoxy) is 1. The van der Waals surface area contributed by atoms with Crippen LogP contribution in [0.3, 0.4) is 0 Å². The Labute approximate surface area is 134 Å². The van der Waals surface area contributed by atoms with Gasteiger partial charge in [-0.05, 0) is 17.2 Å². The lowest BCUT2D eigenvalue weighted by Gasteiger charge is -2.17. The number of amides is 2. The van der Waals surface area contributed by atoms with Gasteiger partial charge >= 0.3 is 6.09 Å². The quantitative estimate of drug-likeness (QED) is 0.923. The van der Waals surface area contributed by atoms with E-state index in [-0.39, 0.29) is 12.5 Å². The van der Waals surface area contributed by atoms with Crippen molar-refractivity contribution in [3.63, 3.8) is 0 Å². The molecule has 0 unspecified atom stereocenters. The third-order valence-corrected chi connectivity index (χ3v) is 3.74. The van der Waals surface area contributed by atoms with E-state index in [0.717, 1.165) is 16.8 Å². The van der Waals surface area contributed by atoms with Crippen molar-refractivity contribution < 1.29 is 14.3 Å². The van der Waals surface area contributed by atoms with Gasteiger partial charge < -0.3 is 15.0 Å². The normalized spacial score (nSPS) is 12.9. The molecule has 1 aliphatic heterocycles. The Hall–Kier alpha value is -2.82. The number of nitrogens with one attached hydrogen (secondary N) is 1. The van der Waals surface area contributed by atoms with Crippen molar-refractivity contribution in [3.8, 4) is 0 Å². The Morgan fingerprint density at radius 1 is 1.09 bits per heavy atom. The molecule has 0 saturated carbocycles. The molecule has 3 rings (SSSR count). The summed E-state index contributed by atoms with van der Waals surface area (Å²) in [7, 11) is 0. The number of carbonyl (C=O) groups excluding carboxylic acids is 2. The predicted octanol–water partition coefficient (Wildman–Crippen LogP) is 2.50. The molecule has 5 nitrogen and oxygen atoms in total. The number of anilines is 1. The molecule has 5 heteroatoms. The number of alkyl carbamates (subject to hydrolysis) is 1. The molecule has 0 bridgehead atoms. The van der Waals surface area contributed by atoms with E-state index in [1.54, 1.807) is 4.90 Å². The topological polar surface area (TPSA) is 58.6 Å². The third-order valence-electron chi connectivity index (χ3n) is 3.74. The minimum Gasteiger partial charge on any atom is -0.445 e. The molecular weight excluding hydrogens is 292 g/mol. The molecule has 0 radical (unpaired) electrons. The van der Waals surface area contributed by atoms with Crippen molar-refractivity contribution in [2.24, 2.45) is 0 Å². The fraction of sp³-hybridized carbons (Fsp3) is 0.222. The van der Waals surface area contributed by atoms with Crippen LogP contribution in [0.1, 0.15) is 11.1 Å². The maximum absolute atomic E-state index is 12.0. The molecular formula is C18H18N2O3. The van der Waals surface area contributed by atoms with Crippen LogP contribution in [0.4, 0.5) is 10.5 Å². The molecule has 0 atom stereocenters. The van der Waals surface area contributed by atoms with E-state index < -0.39 is 6.09 Å². The van der Waals surface area contributed by atoms with Crippen LogP contribution in [0.25, 0.3) is 0 Å². The van der Waals surface area contributed by atoms with Gasteiger partial charge in [-0.1, -0.05) is 48.5 Å².